The van der Waals surface area contributed by atoms with E-state index < -0.39 is 0 Å². The molecule has 1 fully saturated rings. The number of benzene rings is 2. The Bertz CT molecular complexity index is 1270. The molecule has 2 atom stereocenters. The van der Waals surface area contributed by atoms with Gasteiger partial charge in [0.1, 0.15) is 29.1 Å². The van der Waals surface area contributed by atoms with Crippen LogP contribution in [0.15, 0.2) is 89.5 Å². The van der Waals surface area contributed by atoms with Crippen LogP contribution in [0, 0.1) is 5.82 Å². The Hall–Kier alpha value is -3.71. The summed E-state index contributed by atoms with van der Waals surface area (Å²) in [7, 11) is 0. The first-order valence-electron chi connectivity index (χ1n) is 11.1. The van der Waals surface area contributed by atoms with Crippen LogP contribution < -0.4 is 15.0 Å². The molecular formula is C27H24FN3O2S. The number of ether oxygens (including phenoxy) is 1. The van der Waals surface area contributed by atoms with Gasteiger partial charge in [-0.15, -0.1) is 0 Å². The zero-order valence-electron chi connectivity index (χ0n) is 18.8. The molecule has 5 nitrogen and oxygen atoms in total. The van der Waals surface area contributed by atoms with Gasteiger partial charge in [0.2, 0.25) is 0 Å². The summed E-state index contributed by atoms with van der Waals surface area (Å²) in [5.41, 5.74) is 2.57. The summed E-state index contributed by atoms with van der Waals surface area (Å²) in [4.78, 5) is 6.61. The predicted octanol–water partition coefficient (Wildman–Crippen LogP) is 6.45. The van der Waals surface area contributed by atoms with Gasteiger partial charge in [-0.25, -0.2) is 4.39 Å². The summed E-state index contributed by atoms with van der Waals surface area (Å²) in [5.74, 6) is 1.90. The normalized spacial score (nSPS) is 17.8. The van der Waals surface area contributed by atoms with E-state index in [0.717, 1.165) is 28.5 Å². The van der Waals surface area contributed by atoms with Crippen LogP contribution in [0.25, 0.3) is 11.3 Å². The fraction of sp³-hybridized carbons (Fsp3) is 0.185. The lowest BCUT2D eigenvalue weighted by Crippen LogP contribution is -2.29. The molecule has 1 aliphatic heterocycles. The summed E-state index contributed by atoms with van der Waals surface area (Å²) in [6.07, 6.45) is 1.86. The van der Waals surface area contributed by atoms with Crippen LogP contribution in [0.1, 0.15) is 37.4 Å². The van der Waals surface area contributed by atoms with Gasteiger partial charge in [0.05, 0.1) is 17.8 Å². The number of thiocarbonyl (C=S) groups is 1. The Morgan fingerprint density at radius 2 is 1.76 bits per heavy atom. The van der Waals surface area contributed by atoms with E-state index in [0.29, 0.717) is 10.9 Å². The second-order valence-electron chi connectivity index (χ2n) is 8.37. The molecule has 172 valence electrons. The Kier molecular flexibility index (Phi) is 6.02. The maximum Gasteiger partial charge on any atom is 0.174 e. The van der Waals surface area contributed by atoms with E-state index in [2.05, 4.69) is 10.3 Å². The average molecular weight is 474 g/mol. The molecule has 1 saturated heterocycles. The topological polar surface area (TPSA) is 50.5 Å². The highest BCUT2D eigenvalue weighted by Crippen LogP contribution is 2.43. The number of halogens is 1. The molecule has 2 aromatic heterocycles. The lowest BCUT2D eigenvalue weighted by molar-refractivity contribution is 0.242. The molecule has 7 heteroatoms. The van der Waals surface area contributed by atoms with E-state index in [-0.39, 0.29) is 24.0 Å². The van der Waals surface area contributed by atoms with Crippen LogP contribution in [-0.4, -0.2) is 16.2 Å². The molecule has 0 amide bonds. The smallest absolute Gasteiger partial charge is 0.174 e. The zero-order valence-corrected chi connectivity index (χ0v) is 19.6. The minimum atomic E-state index is -0.285. The summed E-state index contributed by atoms with van der Waals surface area (Å²) < 4.78 is 25.5. The number of pyridine rings is 1. The Morgan fingerprint density at radius 3 is 2.44 bits per heavy atom. The lowest BCUT2D eigenvalue weighted by Gasteiger charge is -2.26. The van der Waals surface area contributed by atoms with E-state index in [1.54, 1.807) is 18.3 Å². The third-order valence-electron chi connectivity index (χ3n) is 5.63. The molecule has 34 heavy (non-hydrogen) atoms. The maximum absolute atomic E-state index is 13.4. The summed E-state index contributed by atoms with van der Waals surface area (Å²) in [6.45, 7) is 3.99. The molecule has 0 radical (unpaired) electrons. The summed E-state index contributed by atoms with van der Waals surface area (Å²) >= 11 is 5.77. The highest BCUT2D eigenvalue weighted by atomic mass is 32.1. The summed E-state index contributed by atoms with van der Waals surface area (Å²) in [6, 6.07) is 23.3. The predicted molar refractivity (Wildman–Crippen MR) is 134 cm³/mol. The van der Waals surface area contributed by atoms with Crippen molar-refractivity contribution in [2.45, 2.75) is 32.0 Å². The quantitative estimate of drug-likeness (QED) is 0.325. The molecule has 0 bridgehead atoms. The number of nitrogens with zero attached hydrogens (tertiary/aromatic N) is 2. The van der Waals surface area contributed by atoms with Gasteiger partial charge in [-0.2, -0.15) is 0 Å². The molecule has 3 heterocycles. The second-order valence-corrected chi connectivity index (χ2v) is 8.75. The number of hydrogen-bond donors (Lipinski definition) is 1. The number of nitrogens with one attached hydrogen (secondary N) is 1. The number of anilines is 1. The van der Waals surface area contributed by atoms with Gasteiger partial charge in [0.15, 0.2) is 5.11 Å². The monoisotopic (exact) mass is 473 g/mol. The van der Waals surface area contributed by atoms with Gasteiger partial charge in [0, 0.05) is 17.4 Å². The van der Waals surface area contributed by atoms with Crippen LogP contribution in [0.5, 0.6) is 5.75 Å². The van der Waals surface area contributed by atoms with E-state index in [9.17, 15) is 4.39 Å². The van der Waals surface area contributed by atoms with Crippen molar-refractivity contribution in [1.82, 2.24) is 10.3 Å². The van der Waals surface area contributed by atoms with Crippen molar-refractivity contribution in [3.63, 3.8) is 0 Å². The van der Waals surface area contributed by atoms with Crippen molar-refractivity contribution < 1.29 is 13.5 Å². The largest absolute Gasteiger partial charge is 0.491 e. The van der Waals surface area contributed by atoms with Gasteiger partial charge in [-0.1, -0.05) is 6.07 Å². The number of furan rings is 1. The van der Waals surface area contributed by atoms with Crippen LogP contribution in [0.4, 0.5) is 10.1 Å². The molecule has 0 spiro atoms. The van der Waals surface area contributed by atoms with Gasteiger partial charge in [-0.3, -0.25) is 4.98 Å². The summed E-state index contributed by atoms with van der Waals surface area (Å²) in [5, 5.41) is 4.01. The minimum absolute atomic E-state index is 0.0923. The Labute approximate surface area is 203 Å². The molecule has 5 rings (SSSR count). The van der Waals surface area contributed by atoms with Crippen LogP contribution >= 0.6 is 12.2 Å². The third-order valence-corrected chi connectivity index (χ3v) is 5.95. The van der Waals surface area contributed by atoms with E-state index in [4.69, 9.17) is 21.4 Å². The maximum atomic E-state index is 13.4. The molecule has 1 aliphatic rings. The zero-order chi connectivity index (χ0) is 23.7. The molecule has 0 unspecified atom stereocenters. The van der Waals surface area contributed by atoms with Gasteiger partial charge in [-0.05, 0) is 98.9 Å². The molecule has 2 aromatic carbocycles. The molecular weight excluding hydrogens is 449 g/mol. The van der Waals surface area contributed by atoms with Crippen molar-refractivity contribution in [2.75, 3.05) is 4.90 Å². The SMILES string of the molecule is CC(C)Oc1ccc(N2C(=S)N[C@H](c3ccccn3)[C@H]2c2ccc(-c3ccc(F)cc3)o2)cc1. The third kappa shape index (κ3) is 4.39. The van der Waals surface area contributed by atoms with Gasteiger partial charge < -0.3 is 19.4 Å². The van der Waals surface area contributed by atoms with E-state index in [1.807, 2.05) is 73.3 Å². The van der Waals surface area contributed by atoms with Crippen LogP contribution in [0.3, 0.4) is 0 Å². The number of rotatable bonds is 6. The van der Waals surface area contributed by atoms with Crippen LogP contribution in [-0.2, 0) is 0 Å². The van der Waals surface area contributed by atoms with Gasteiger partial charge >= 0.3 is 0 Å². The molecule has 0 saturated carbocycles. The Balaban J connectivity index is 1.54. The fourth-order valence-corrected chi connectivity index (χ4v) is 4.51. The first-order chi connectivity index (χ1) is 16.5. The van der Waals surface area contributed by atoms with Crippen molar-refractivity contribution in [3.8, 4) is 17.1 Å². The number of aromatic nitrogens is 1. The first-order valence-corrected chi connectivity index (χ1v) is 11.5. The van der Waals surface area contributed by atoms with E-state index in [1.165, 1.54) is 12.1 Å². The highest BCUT2D eigenvalue weighted by Gasteiger charge is 2.42. The molecule has 0 aliphatic carbocycles. The van der Waals surface area contributed by atoms with Crippen molar-refractivity contribution in [1.29, 1.82) is 0 Å². The van der Waals surface area contributed by atoms with E-state index >= 15 is 0 Å². The second kappa shape index (κ2) is 9.27. The van der Waals surface area contributed by atoms with Crippen molar-refractivity contribution >= 4 is 23.0 Å². The molecule has 1 N–H and O–H groups in total. The number of hydrogen-bond acceptors (Lipinski definition) is 4. The highest BCUT2D eigenvalue weighted by molar-refractivity contribution is 7.80. The van der Waals surface area contributed by atoms with Crippen molar-refractivity contribution in [3.05, 3.63) is 102 Å². The standard InChI is InChI=1S/C27H24FN3O2S/c1-17(2)32-21-12-10-20(11-13-21)31-26(25(30-27(31)34)22-5-3-4-16-29-22)24-15-14-23(33-24)18-6-8-19(28)9-7-18/h3-17,25-26H,1-2H3,(H,30,34)/t25-,26-/m1/s1. The lowest BCUT2D eigenvalue weighted by atomic mass is 10.0. The first kappa shape index (κ1) is 22.1. The Morgan fingerprint density at radius 1 is 1.00 bits per heavy atom. The molecule has 4 aromatic rings. The average Bonchev–Trinajstić information content (AvgIpc) is 3.45. The minimum Gasteiger partial charge on any atom is -0.491 e. The van der Waals surface area contributed by atoms with Crippen LogP contribution in [0.2, 0.25) is 0 Å². The van der Waals surface area contributed by atoms with Gasteiger partial charge in [0.25, 0.3) is 0 Å². The van der Waals surface area contributed by atoms with Crippen molar-refractivity contribution in [2.24, 2.45) is 0 Å². The fourth-order valence-electron chi connectivity index (χ4n) is 4.16.